The monoisotopic (exact) mass is 391 g/mol. The molecule has 0 saturated heterocycles. The number of rotatable bonds is 4. The fourth-order valence-corrected chi connectivity index (χ4v) is 3.88. The van der Waals surface area contributed by atoms with Crippen molar-refractivity contribution >= 4 is 11.7 Å². The number of methoxy groups -OCH3 is 2. The van der Waals surface area contributed by atoms with Gasteiger partial charge in [0.05, 0.1) is 20.3 Å². The number of nitrogens with one attached hydrogen (secondary N) is 1. The summed E-state index contributed by atoms with van der Waals surface area (Å²) in [7, 11) is 3.24. The summed E-state index contributed by atoms with van der Waals surface area (Å²) in [6, 6.07) is 17.4. The van der Waals surface area contributed by atoms with Crippen LogP contribution in [0.5, 0.6) is 11.5 Å². The number of hydrogen-bond donors (Lipinski definition) is 1. The molecular weight excluding hydrogens is 366 g/mol. The van der Waals surface area contributed by atoms with Crippen molar-refractivity contribution in [3.05, 3.63) is 77.6 Å². The van der Waals surface area contributed by atoms with E-state index in [4.69, 9.17) is 9.47 Å². The van der Waals surface area contributed by atoms with E-state index in [1.54, 1.807) is 14.2 Å². The normalized spacial score (nSPS) is 15.6. The molecule has 2 amide bonds. The Labute approximate surface area is 170 Å². The Morgan fingerprint density at radius 2 is 1.79 bits per heavy atom. The van der Waals surface area contributed by atoms with Gasteiger partial charge < -0.3 is 24.3 Å². The number of aryl methyl sites for hydroxylation is 1. The van der Waals surface area contributed by atoms with E-state index in [1.807, 2.05) is 60.4 Å². The molecule has 4 rings (SSSR count). The van der Waals surface area contributed by atoms with Crippen molar-refractivity contribution in [3.63, 3.8) is 0 Å². The molecule has 1 atom stereocenters. The van der Waals surface area contributed by atoms with Crippen LogP contribution in [0.1, 0.15) is 22.9 Å². The highest BCUT2D eigenvalue weighted by Gasteiger charge is 2.33. The lowest BCUT2D eigenvalue weighted by molar-refractivity contribution is 0.181. The minimum absolute atomic E-state index is 0.119. The Morgan fingerprint density at radius 1 is 1.00 bits per heavy atom. The maximum absolute atomic E-state index is 13.3. The highest BCUT2D eigenvalue weighted by Crippen LogP contribution is 2.37. The van der Waals surface area contributed by atoms with E-state index in [9.17, 15) is 4.79 Å². The zero-order chi connectivity index (χ0) is 20.4. The molecule has 1 unspecified atom stereocenters. The van der Waals surface area contributed by atoms with Crippen LogP contribution >= 0.6 is 0 Å². The molecule has 3 aromatic rings. The fraction of sp³-hybridized carbons (Fsp3) is 0.261. The second-order valence-electron chi connectivity index (χ2n) is 7.08. The van der Waals surface area contributed by atoms with E-state index in [1.165, 1.54) is 0 Å². The Bertz CT molecular complexity index is 1030. The Balaban J connectivity index is 1.72. The number of hydrogen-bond acceptors (Lipinski definition) is 3. The fourth-order valence-electron chi connectivity index (χ4n) is 3.88. The first kappa shape index (κ1) is 18.9. The third-order valence-electron chi connectivity index (χ3n) is 5.41. The van der Waals surface area contributed by atoms with Crippen LogP contribution in [-0.2, 0) is 6.54 Å². The van der Waals surface area contributed by atoms with Crippen LogP contribution < -0.4 is 14.8 Å². The van der Waals surface area contributed by atoms with Crippen molar-refractivity contribution < 1.29 is 14.3 Å². The molecule has 0 radical (unpaired) electrons. The van der Waals surface area contributed by atoms with Crippen LogP contribution in [0.3, 0.4) is 0 Å². The van der Waals surface area contributed by atoms with Crippen molar-refractivity contribution in [2.75, 3.05) is 26.1 Å². The molecule has 0 fully saturated rings. The number of para-hydroxylation sites is 1. The van der Waals surface area contributed by atoms with Gasteiger partial charge in [0.15, 0.2) is 11.5 Å². The minimum atomic E-state index is -0.220. The first-order valence-electron chi connectivity index (χ1n) is 9.62. The van der Waals surface area contributed by atoms with Crippen molar-refractivity contribution in [1.82, 2.24) is 9.47 Å². The van der Waals surface area contributed by atoms with Gasteiger partial charge in [0.25, 0.3) is 0 Å². The summed E-state index contributed by atoms with van der Waals surface area (Å²) in [5.74, 6) is 1.31. The summed E-state index contributed by atoms with van der Waals surface area (Å²) in [5, 5.41) is 3.08. The Hall–Kier alpha value is -3.41. The average Bonchev–Trinajstić information content (AvgIpc) is 3.23. The number of anilines is 1. The second-order valence-corrected chi connectivity index (χ2v) is 7.08. The third kappa shape index (κ3) is 3.53. The lowest BCUT2D eigenvalue weighted by atomic mass is 9.99. The second kappa shape index (κ2) is 7.91. The summed E-state index contributed by atoms with van der Waals surface area (Å²) >= 11 is 0. The predicted molar refractivity (Wildman–Crippen MR) is 113 cm³/mol. The third-order valence-corrected chi connectivity index (χ3v) is 5.41. The Kier molecular flexibility index (Phi) is 5.16. The minimum Gasteiger partial charge on any atom is -0.493 e. The number of nitrogens with zero attached hydrogens (tertiary/aromatic N) is 2. The van der Waals surface area contributed by atoms with Crippen LogP contribution in [0, 0.1) is 6.92 Å². The molecule has 1 aliphatic rings. The molecule has 2 aromatic carbocycles. The van der Waals surface area contributed by atoms with Gasteiger partial charge >= 0.3 is 6.03 Å². The van der Waals surface area contributed by atoms with Gasteiger partial charge in [-0.1, -0.05) is 24.3 Å². The maximum Gasteiger partial charge on any atom is 0.322 e. The quantitative estimate of drug-likeness (QED) is 0.715. The predicted octanol–water partition coefficient (Wildman–Crippen LogP) is 4.45. The van der Waals surface area contributed by atoms with Gasteiger partial charge in [0, 0.05) is 30.7 Å². The molecule has 0 spiro atoms. The summed E-state index contributed by atoms with van der Waals surface area (Å²) in [5.41, 5.74) is 3.90. The van der Waals surface area contributed by atoms with Gasteiger partial charge in [0.2, 0.25) is 0 Å². The van der Waals surface area contributed by atoms with Gasteiger partial charge in [-0.05, 0) is 48.4 Å². The number of carbonyl (C=O) groups excluding carboxylic acids is 1. The number of fused-ring (bicyclic) bond motifs is 1. The van der Waals surface area contributed by atoms with E-state index in [0.717, 1.165) is 29.1 Å². The molecule has 0 aliphatic carbocycles. The van der Waals surface area contributed by atoms with Crippen molar-refractivity contribution in [1.29, 1.82) is 0 Å². The van der Waals surface area contributed by atoms with Gasteiger partial charge in [-0.2, -0.15) is 0 Å². The molecule has 0 saturated carbocycles. The molecule has 6 nitrogen and oxygen atoms in total. The van der Waals surface area contributed by atoms with Crippen LogP contribution in [0.4, 0.5) is 10.5 Å². The van der Waals surface area contributed by atoms with Gasteiger partial charge in [0.1, 0.15) is 0 Å². The molecule has 2 heterocycles. The van der Waals surface area contributed by atoms with E-state index in [-0.39, 0.29) is 12.1 Å². The summed E-state index contributed by atoms with van der Waals surface area (Å²) in [6.07, 6.45) is 2.06. The van der Waals surface area contributed by atoms with Crippen molar-refractivity contribution in [2.24, 2.45) is 0 Å². The van der Waals surface area contributed by atoms with Crippen LogP contribution in [0.2, 0.25) is 0 Å². The zero-order valence-corrected chi connectivity index (χ0v) is 16.9. The van der Waals surface area contributed by atoms with E-state index in [0.29, 0.717) is 18.0 Å². The smallest absolute Gasteiger partial charge is 0.322 e. The van der Waals surface area contributed by atoms with Gasteiger partial charge in [-0.25, -0.2) is 4.79 Å². The summed E-state index contributed by atoms with van der Waals surface area (Å²) < 4.78 is 13.1. The SMILES string of the molecule is COc1ccc(C2c3cccn3CCN2C(=O)Nc2ccccc2C)cc1OC. The van der Waals surface area contributed by atoms with E-state index in [2.05, 4.69) is 22.1 Å². The standard InChI is InChI=1S/C23H25N3O3/c1-16-7-4-5-8-18(16)24-23(27)26-14-13-25-12-6-9-19(25)22(26)17-10-11-20(28-2)21(15-17)29-3/h4-12,15,22H,13-14H2,1-3H3,(H,24,27). The highest BCUT2D eigenvalue weighted by atomic mass is 16.5. The molecular formula is C23H25N3O3. The highest BCUT2D eigenvalue weighted by molar-refractivity contribution is 5.90. The molecule has 150 valence electrons. The van der Waals surface area contributed by atoms with Gasteiger partial charge in [-0.3, -0.25) is 0 Å². The summed E-state index contributed by atoms with van der Waals surface area (Å²) in [4.78, 5) is 15.1. The number of benzene rings is 2. The molecule has 29 heavy (non-hydrogen) atoms. The average molecular weight is 391 g/mol. The van der Waals surface area contributed by atoms with Gasteiger partial charge in [-0.15, -0.1) is 0 Å². The number of carbonyl (C=O) groups is 1. The lowest BCUT2D eigenvalue weighted by Gasteiger charge is -2.37. The first-order valence-corrected chi connectivity index (χ1v) is 9.62. The zero-order valence-electron chi connectivity index (χ0n) is 16.9. The first-order chi connectivity index (χ1) is 14.1. The van der Waals surface area contributed by atoms with E-state index >= 15 is 0 Å². The van der Waals surface area contributed by atoms with Crippen LogP contribution in [0.25, 0.3) is 0 Å². The number of amides is 2. The van der Waals surface area contributed by atoms with Crippen LogP contribution in [-0.4, -0.2) is 36.3 Å². The molecule has 0 bridgehead atoms. The summed E-state index contributed by atoms with van der Waals surface area (Å²) in [6.45, 7) is 3.36. The maximum atomic E-state index is 13.3. The van der Waals surface area contributed by atoms with Crippen molar-refractivity contribution in [3.8, 4) is 11.5 Å². The number of aromatic nitrogens is 1. The lowest BCUT2D eigenvalue weighted by Crippen LogP contribution is -2.44. The van der Waals surface area contributed by atoms with Crippen molar-refractivity contribution in [2.45, 2.75) is 19.5 Å². The number of urea groups is 1. The van der Waals surface area contributed by atoms with Crippen LogP contribution in [0.15, 0.2) is 60.8 Å². The molecule has 6 heteroatoms. The Morgan fingerprint density at radius 3 is 2.55 bits per heavy atom. The molecule has 1 N–H and O–H groups in total. The topological polar surface area (TPSA) is 55.7 Å². The molecule has 1 aliphatic heterocycles. The largest absolute Gasteiger partial charge is 0.493 e. The van der Waals surface area contributed by atoms with E-state index < -0.39 is 0 Å². The molecule has 1 aromatic heterocycles. The number of ether oxygens (including phenoxy) is 2.